The minimum atomic E-state index is -4.53. The Morgan fingerprint density at radius 3 is 2.38 bits per heavy atom. The lowest BCUT2D eigenvalue weighted by atomic mass is 9.91. The molecule has 0 aliphatic carbocycles. The number of carbonyl (C=O) groups excluding carboxylic acids is 1. The summed E-state index contributed by atoms with van der Waals surface area (Å²) in [6.45, 7) is 7.31. The first-order valence-corrected chi connectivity index (χ1v) is 8.69. The summed E-state index contributed by atoms with van der Waals surface area (Å²) >= 11 is 0. The van der Waals surface area contributed by atoms with Crippen molar-refractivity contribution in [3.63, 3.8) is 0 Å². The van der Waals surface area contributed by atoms with Gasteiger partial charge in [0.05, 0.1) is 0 Å². The predicted octanol–water partition coefficient (Wildman–Crippen LogP) is 5.08. The highest BCUT2D eigenvalue weighted by Gasteiger charge is 2.53. The van der Waals surface area contributed by atoms with Crippen LogP contribution in [0.3, 0.4) is 0 Å². The molecular weight excluding hydrogens is 341 g/mol. The number of halogens is 3. The summed E-state index contributed by atoms with van der Waals surface area (Å²) in [5.41, 5.74) is 2.63. The molecule has 6 heteroatoms. The number of rotatable bonds is 3. The second kappa shape index (κ2) is 6.27. The molecule has 3 nitrogen and oxygen atoms in total. The summed E-state index contributed by atoms with van der Waals surface area (Å²) in [5.74, 6) is -0.188. The Balaban J connectivity index is 2.22. The summed E-state index contributed by atoms with van der Waals surface area (Å²) < 4.78 is 42.4. The van der Waals surface area contributed by atoms with Crippen LogP contribution in [0.5, 0.6) is 0 Å². The number of hydrogen-bond acceptors (Lipinski definition) is 2. The Hall–Kier alpha value is -2.08. The standard InChI is InChI=1S/C20H23F3N2O/c1-12(2)14-9-8-13-6-5-7-15(16(13)10-14)18(20(21,22)23)25-19(3,4)11-17(26)24-25/h5-10,12,18H,11H2,1-4H3,(H,24,26)/t18-/m0/s1. The Morgan fingerprint density at radius 1 is 1.15 bits per heavy atom. The second-order valence-electron chi connectivity index (χ2n) is 7.82. The molecule has 26 heavy (non-hydrogen) atoms. The van der Waals surface area contributed by atoms with Crippen molar-refractivity contribution < 1.29 is 18.0 Å². The van der Waals surface area contributed by atoms with Gasteiger partial charge in [-0.1, -0.05) is 50.2 Å². The normalized spacial score (nSPS) is 19.2. The average molecular weight is 364 g/mol. The number of nitrogens with one attached hydrogen (secondary N) is 1. The summed E-state index contributed by atoms with van der Waals surface area (Å²) in [4.78, 5) is 11.8. The average Bonchev–Trinajstić information content (AvgIpc) is 2.78. The van der Waals surface area contributed by atoms with Gasteiger partial charge in [0.15, 0.2) is 6.04 Å². The molecule has 1 amide bonds. The van der Waals surface area contributed by atoms with E-state index in [-0.39, 0.29) is 17.9 Å². The monoisotopic (exact) mass is 364 g/mol. The zero-order valence-corrected chi connectivity index (χ0v) is 15.3. The number of alkyl halides is 3. The van der Waals surface area contributed by atoms with E-state index >= 15 is 0 Å². The molecular formula is C20H23F3N2O. The van der Waals surface area contributed by atoms with E-state index in [1.165, 1.54) is 6.07 Å². The first-order valence-electron chi connectivity index (χ1n) is 8.69. The van der Waals surface area contributed by atoms with Crippen molar-refractivity contribution in [2.45, 2.75) is 57.8 Å². The van der Waals surface area contributed by atoms with Crippen LogP contribution in [-0.2, 0) is 4.79 Å². The molecule has 1 atom stereocenters. The smallest absolute Gasteiger partial charge is 0.287 e. The zero-order valence-electron chi connectivity index (χ0n) is 15.3. The van der Waals surface area contributed by atoms with Crippen molar-refractivity contribution in [3.8, 4) is 0 Å². The van der Waals surface area contributed by atoms with E-state index in [2.05, 4.69) is 5.43 Å². The van der Waals surface area contributed by atoms with E-state index in [0.717, 1.165) is 16.0 Å². The molecule has 1 aliphatic rings. The maximum Gasteiger partial charge on any atom is 0.409 e. The van der Waals surface area contributed by atoms with Crippen molar-refractivity contribution >= 4 is 16.7 Å². The topological polar surface area (TPSA) is 32.3 Å². The van der Waals surface area contributed by atoms with Gasteiger partial charge in [-0.25, -0.2) is 0 Å². The molecule has 140 valence electrons. The van der Waals surface area contributed by atoms with Gasteiger partial charge in [-0.15, -0.1) is 0 Å². The Labute approximate surface area is 151 Å². The first-order chi connectivity index (χ1) is 12.0. The van der Waals surface area contributed by atoms with Crippen molar-refractivity contribution in [1.29, 1.82) is 0 Å². The summed E-state index contributed by atoms with van der Waals surface area (Å²) in [5, 5.41) is 2.38. The Kier molecular flexibility index (Phi) is 4.51. The minimum Gasteiger partial charge on any atom is -0.287 e. The lowest BCUT2D eigenvalue weighted by Crippen LogP contribution is -2.51. The summed E-state index contributed by atoms with van der Waals surface area (Å²) in [6.07, 6.45) is -4.50. The fraction of sp³-hybridized carbons (Fsp3) is 0.450. The number of hydrogen-bond donors (Lipinski definition) is 1. The molecule has 0 unspecified atom stereocenters. The van der Waals surface area contributed by atoms with Gasteiger partial charge in [0.1, 0.15) is 0 Å². The number of nitrogens with zero attached hydrogens (tertiary/aromatic N) is 1. The summed E-state index contributed by atoms with van der Waals surface area (Å²) in [6, 6.07) is 8.68. The lowest BCUT2D eigenvalue weighted by molar-refractivity contribution is -0.203. The maximum absolute atomic E-state index is 14.1. The van der Waals surface area contributed by atoms with E-state index in [9.17, 15) is 18.0 Å². The van der Waals surface area contributed by atoms with Crippen LogP contribution in [0.4, 0.5) is 13.2 Å². The van der Waals surface area contributed by atoms with Crippen molar-refractivity contribution in [1.82, 2.24) is 10.4 Å². The fourth-order valence-electron chi connectivity index (χ4n) is 3.59. The molecule has 0 radical (unpaired) electrons. The van der Waals surface area contributed by atoms with Crippen LogP contribution in [0.15, 0.2) is 36.4 Å². The molecule has 0 bridgehead atoms. The number of fused-ring (bicyclic) bond motifs is 1. The number of benzene rings is 2. The molecule has 1 aliphatic heterocycles. The third kappa shape index (κ3) is 3.30. The third-order valence-electron chi connectivity index (χ3n) is 4.96. The van der Waals surface area contributed by atoms with E-state index in [1.807, 2.05) is 38.1 Å². The van der Waals surface area contributed by atoms with Gasteiger partial charge >= 0.3 is 6.18 Å². The molecule has 1 N–H and O–H groups in total. The van der Waals surface area contributed by atoms with Crippen LogP contribution in [0, 0.1) is 0 Å². The predicted molar refractivity (Wildman–Crippen MR) is 95.5 cm³/mol. The van der Waals surface area contributed by atoms with Gasteiger partial charge in [-0.2, -0.15) is 18.2 Å². The van der Waals surface area contributed by atoms with Gasteiger partial charge < -0.3 is 0 Å². The number of carbonyl (C=O) groups is 1. The molecule has 1 fully saturated rings. The minimum absolute atomic E-state index is 0.0294. The maximum atomic E-state index is 14.1. The molecule has 1 heterocycles. The highest BCUT2D eigenvalue weighted by atomic mass is 19.4. The zero-order chi connectivity index (χ0) is 19.3. The van der Waals surface area contributed by atoms with E-state index < -0.39 is 23.7 Å². The lowest BCUT2D eigenvalue weighted by Gasteiger charge is -2.38. The largest absolute Gasteiger partial charge is 0.409 e. The molecule has 1 saturated heterocycles. The van der Waals surface area contributed by atoms with Crippen molar-refractivity contribution in [2.24, 2.45) is 0 Å². The van der Waals surface area contributed by atoms with Gasteiger partial charge in [0.2, 0.25) is 5.91 Å². The highest BCUT2D eigenvalue weighted by molar-refractivity contribution is 5.87. The second-order valence-corrected chi connectivity index (χ2v) is 7.82. The molecule has 3 rings (SSSR count). The van der Waals surface area contributed by atoms with E-state index in [4.69, 9.17) is 0 Å². The Bertz CT molecular complexity index is 843. The molecule has 2 aromatic carbocycles. The molecule has 0 aromatic heterocycles. The van der Waals surface area contributed by atoms with E-state index in [0.29, 0.717) is 5.39 Å². The van der Waals surface area contributed by atoms with Gasteiger partial charge in [0.25, 0.3) is 0 Å². The highest BCUT2D eigenvalue weighted by Crippen LogP contribution is 2.44. The van der Waals surface area contributed by atoms with Gasteiger partial charge in [0, 0.05) is 12.0 Å². The molecule has 2 aromatic rings. The van der Waals surface area contributed by atoms with Gasteiger partial charge in [-0.05, 0) is 41.7 Å². The molecule has 0 spiro atoms. The fourth-order valence-corrected chi connectivity index (χ4v) is 3.59. The van der Waals surface area contributed by atoms with Crippen LogP contribution < -0.4 is 5.43 Å². The molecule has 0 saturated carbocycles. The van der Waals surface area contributed by atoms with Crippen LogP contribution >= 0.6 is 0 Å². The first kappa shape index (κ1) is 18.7. The number of hydrazine groups is 1. The number of amides is 1. The van der Waals surface area contributed by atoms with Crippen molar-refractivity contribution in [3.05, 3.63) is 47.5 Å². The Morgan fingerprint density at radius 2 is 1.85 bits per heavy atom. The third-order valence-corrected chi connectivity index (χ3v) is 4.96. The summed E-state index contributed by atoms with van der Waals surface area (Å²) in [7, 11) is 0. The SMILES string of the molecule is CC(C)c1ccc2cccc([C@H](N3NC(=O)CC3(C)C)C(F)(F)F)c2c1. The van der Waals surface area contributed by atoms with Gasteiger partial charge in [-0.3, -0.25) is 10.2 Å². The van der Waals surface area contributed by atoms with Crippen LogP contribution in [0.2, 0.25) is 0 Å². The van der Waals surface area contributed by atoms with Crippen LogP contribution in [0.25, 0.3) is 10.8 Å². The van der Waals surface area contributed by atoms with Crippen LogP contribution in [0.1, 0.15) is 57.2 Å². The quantitative estimate of drug-likeness (QED) is 0.823. The van der Waals surface area contributed by atoms with Crippen molar-refractivity contribution in [2.75, 3.05) is 0 Å². The van der Waals surface area contributed by atoms with E-state index in [1.54, 1.807) is 19.9 Å². The van der Waals surface area contributed by atoms with Crippen LogP contribution in [-0.4, -0.2) is 22.6 Å².